The van der Waals surface area contributed by atoms with E-state index in [0.717, 1.165) is 38.5 Å². The predicted molar refractivity (Wildman–Crippen MR) is 45.5 cm³/mol. The molecule has 11 heavy (non-hydrogen) atoms. The van der Waals surface area contributed by atoms with Crippen LogP contribution in [-0.2, 0) is 4.74 Å². The lowest BCUT2D eigenvalue weighted by molar-refractivity contribution is 0.0530. The Morgan fingerprint density at radius 1 is 1.55 bits per heavy atom. The van der Waals surface area contributed by atoms with E-state index in [-0.39, 0.29) is 0 Å². The van der Waals surface area contributed by atoms with Gasteiger partial charge in [0.05, 0.1) is 13.2 Å². The molecule has 1 heterocycles. The van der Waals surface area contributed by atoms with Crippen LogP contribution in [0.4, 0.5) is 0 Å². The zero-order valence-electron chi connectivity index (χ0n) is 7.10. The van der Waals surface area contributed by atoms with Crippen molar-refractivity contribution in [3.05, 3.63) is 12.3 Å². The van der Waals surface area contributed by atoms with Crippen molar-refractivity contribution in [2.45, 2.75) is 0 Å². The SMILES string of the molecule is C=C(CNC)N1CCOCC1. The molecule has 0 bridgehead atoms. The van der Waals surface area contributed by atoms with Crippen molar-refractivity contribution in [3.63, 3.8) is 0 Å². The first kappa shape index (κ1) is 8.56. The quantitative estimate of drug-likeness (QED) is 0.625. The molecular weight excluding hydrogens is 140 g/mol. The highest BCUT2D eigenvalue weighted by molar-refractivity contribution is 4.96. The molecule has 1 rings (SSSR count). The van der Waals surface area contributed by atoms with E-state index in [1.54, 1.807) is 0 Å². The van der Waals surface area contributed by atoms with Gasteiger partial charge in [-0.1, -0.05) is 6.58 Å². The fourth-order valence-corrected chi connectivity index (χ4v) is 1.20. The molecule has 1 aliphatic heterocycles. The second-order valence-electron chi connectivity index (χ2n) is 2.70. The van der Waals surface area contributed by atoms with Crippen LogP contribution >= 0.6 is 0 Å². The lowest BCUT2D eigenvalue weighted by atomic mass is 10.3. The van der Waals surface area contributed by atoms with Gasteiger partial charge in [0.15, 0.2) is 0 Å². The summed E-state index contributed by atoms with van der Waals surface area (Å²) in [5, 5.41) is 3.08. The van der Waals surface area contributed by atoms with Gasteiger partial charge in [0.1, 0.15) is 0 Å². The molecule has 1 fully saturated rings. The highest BCUT2D eigenvalue weighted by Crippen LogP contribution is 2.03. The Balaban J connectivity index is 2.27. The van der Waals surface area contributed by atoms with Crippen molar-refractivity contribution < 1.29 is 4.74 Å². The molecule has 1 aliphatic rings. The fourth-order valence-electron chi connectivity index (χ4n) is 1.20. The maximum Gasteiger partial charge on any atom is 0.0642 e. The van der Waals surface area contributed by atoms with Gasteiger partial charge in [0.2, 0.25) is 0 Å². The number of nitrogens with one attached hydrogen (secondary N) is 1. The molecule has 0 aliphatic carbocycles. The Morgan fingerprint density at radius 2 is 2.18 bits per heavy atom. The van der Waals surface area contributed by atoms with Crippen LogP contribution < -0.4 is 5.32 Å². The third kappa shape index (κ3) is 2.52. The third-order valence-electron chi connectivity index (χ3n) is 1.84. The van der Waals surface area contributed by atoms with Crippen molar-refractivity contribution in [1.82, 2.24) is 10.2 Å². The monoisotopic (exact) mass is 156 g/mol. The van der Waals surface area contributed by atoms with Crippen molar-refractivity contribution in [2.75, 3.05) is 39.9 Å². The van der Waals surface area contributed by atoms with Gasteiger partial charge in [-0.25, -0.2) is 0 Å². The summed E-state index contributed by atoms with van der Waals surface area (Å²) in [7, 11) is 1.94. The van der Waals surface area contributed by atoms with Crippen molar-refractivity contribution in [2.24, 2.45) is 0 Å². The van der Waals surface area contributed by atoms with Crippen LogP contribution in [-0.4, -0.2) is 44.8 Å². The molecule has 64 valence electrons. The number of hydrogen-bond acceptors (Lipinski definition) is 3. The van der Waals surface area contributed by atoms with Gasteiger partial charge in [-0.05, 0) is 7.05 Å². The van der Waals surface area contributed by atoms with Gasteiger partial charge in [-0.2, -0.15) is 0 Å². The van der Waals surface area contributed by atoms with Crippen LogP contribution in [0.25, 0.3) is 0 Å². The zero-order valence-corrected chi connectivity index (χ0v) is 7.10. The molecule has 0 spiro atoms. The van der Waals surface area contributed by atoms with Crippen LogP contribution in [0.5, 0.6) is 0 Å². The van der Waals surface area contributed by atoms with Crippen LogP contribution in [0, 0.1) is 0 Å². The van der Waals surface area contributed by atoms with E-state index < -0.39 is 0 Å². The number of rotatable bonds is 3. The standard InChI is InChI=1S/C8H16N2O/c1-8(7-9-2)10-3-5-11-6-4-10/h9H,1,3-7H2,2H3. The summed E-state index contributed by atoms with van der Waals surface area (Å²) in [4.78, 5) is 2.26. The molecule has 0 amide bonds. The summed E-state index contributed by atoms with van der Waals surface area (Å²) in [6.45, 7) is 8.50. The Bertz CT molecular complexity index is 130. The van der Waals surface area contributed by atoms with Crippen molar-refractivity contribution >= 4 is 0 Å². The van der Waals surface area contributed by atoms with E-state index in [1.807, 2.05) is 7.05 Å². The molecular formula is C8H16N2O. The first-order chi connectivity index (χ1) is 5.34. The molecule has 0 aromatic rings. The molecule has 3 nitrogen and oxygen atoms in total. The van der Waals surface area contributed by atoms with Crippen molar-refractivity contribution in [3.8, 4) is 0 Å². The third-order valence-corrected chi connectivity index (χ3v) is 1.84. The molecule has 1 N–H and O–H groups in total. The van der Waals surface area contributed by atoms with E-state index >= 15 is 0 Å². The minimum atomic E-state index is 0.836. The minimum absolute atomic E-state index is 0.836. The van der Waals surface area contributed by atoms with Gasteiger partial charge in [-0.15, -0.1) is 0 Å². The Morgan fingerprint density at radius 3 is 2.73 bits per heavy atom. The number of nitrogens with zero attached hydrogens (tertiary/aromatic N) is 1. The fraction of sp³-hybridized carbons (Fsp3) is 0.750. The highest BCUT2D eigenvalue weighted by Gasteiger charge is 2.10. The van der Waals surface area contributed by atoms with E-state index in [2.05, 4.69) is 16.8 Å². The first-order valence-corrected chi connectivity index (χ1v) is 3.99. The zero-order chi connectivity index (χ0) is 8.10. The summed E-state index contributed by atoms with van der Waals surface area (Å²) in [5.74, 6) is 0. The molecule has 1 saturated heterocycles. The largest absolute Gasteiger partial charge is 0.378 e. The number of likely N-dealkylation sites (N-methyl/N-ethyl adjacent to an activating group) is 1. The van der Waals surface area contributed by atoms with Gasteiger partial charge < -0.3 is 15.0 Å². The Hall–Kier alpha value is -0.540. The molecule has 0 atom stereocenters. The van der Waals surface area contributed by atoms with Crippen LogP contribution in [0.2, 0.25) is 0 Å². The highest BCUT2D eigenvalue weighted by atomic mass is 16.5. The van der Waals surface area contributed by atoms with Crippen LogP contribution in [0.15, 0.2) is 12.3 Å². The minimum Gasteiger partial charge on any atom is -0.378 e. The van der Waals surface area contributed by atoms with Crippen LogP contribution in [0.1, 0.15) is 0 Å². The van der Waals surface area contributed by atoms with Crippen LogP contribution in [0.3, 0.4) is 0 Å². The maximum atomic E-state index is 5.22. The summed E-state index contributed by atoms with van der Waals surface area (Å²) in [6, 6.07) is 0. The lowest BCUT2D eigenvalue weighted by Gasteiger charge is -2.30. The first-order valence-electron chi connectivity index (χ1n) is 3.99. The average molecular weight is 156 g/mol. The number of hydrogen-bond donors (Lipinski definition) is 1. The van der Waals surface area contributed by atoms with Gasteiger partial charge in [-0.3, -0.25) is 0 Å². The molecule has 0 saturated carbocycles. The Kier molecular flexibility index (Phi) is 3.39. The van der Waals surface area contributed by atoms with E-state index in [1.165, 1.54) is 0 Å². The molecule has 0 aromatic carbocycles. The Labute approximate surface area is 68.0 Å². The number of ether oxygens (including phenoxy) is 1. The van der Waals surface area contributed by atoms with E-state index in [9.17, 15) is 0 Å². The molecule has 3 heteroatoms. The summed E-state index contributed by atoms with van der Waals surface area (Å²) in [5.41, 5.74) is 1.16. The topological polar surface area (TPSA) is 24.5 Å². The maximum absolute atomic E-state index is 5.22. The second-order valence-corrected chi connectivity index (χ2v) is 2.70. The normalized spacial score (nSPS) is 18.5. The smallest absolute Gasteiger partial charge is 0.0642 e. The summed E-state index contributed by atoms with van der Waals surface area (Å²) >= 11 is 0. The molecule has 0 radical (unpaired) electrons. The van der Waals surface area contributed by atoms with Crippen molar-refractivity contribution in [1.29, 1.82) is 0 Å². The van der Waals surface area contributed by atoms with E-state index in [4.69, 9.17) is 4.74 Å². The van der Waals surface area contributed by atoms with Gasteiger partial charge in [0, 0.05) is 25.3 Å². The van der Waals surface area contributed by atoms with E-state index in [0.29, 0.717) is 0 Å². The molecule has 0 aromatic heterocycles. The second kappa shape index (κ2) is 4.36. The van der Waals surface area contributed by atoms with Gasteiger partial charge >= 0.3 is 0 Å². The average Bonchev–Trinajstić information content (AvgIpc) is 2.07. The predicted octanol–water partition coefficient (Wildman–Crippen LogP) is 0.0517. The van der Waals surface area contributed by atoms with Gasteiger partial charge in [0.25, 0.3) is 0 Å². The molecule has 0 unspecified atom stereocenters. The summed E-state index contributed by atoms with van der Waals surface area (Å²) < 4.78 is 5.22. The lowest BCUT2D eigenvalue weighted by Crippen LogP contribution is -2.37. The number of morpholine rings is 1. The summed E-state index contributed by atoms with van der Waals surface area (Å²) in [6.07, 6.45) is 0.